The van der Waals surface area contributed by atoms with Gasteiger partial charge in [0.05, 0.1) is 15.9 Å². The van der Waals surface area contributed by atoms with Crippen molar-refractivity contribution >= 4 is 15.7 Å². The van der Waals surface area contributed by atoms with Crippen molar-refractivity contribution < 1.29 is 18.4 Å². The lowest BCUT2D eigenvalue weighted by Gasteiger charge is -2.09. The zero-order chi connectivity index (χ0) is 13.8. The van der Waals surface area contributed by atoms with Crippen LogP contribution in [0.2, 0.25) is 0 Å². The number of nitro groups is 1. The van der Waals surface area contributed by atoms with Gasteiger partial charge in [-0.05, 0) is 12.1 Å². The number of non-ortho nitro benzene ring substituents is 1. The highest BCUT2D eigenvalue weighted by atomic mass is 32.2. The van der Waals surface area contributed by atoms with Gasteiger partial charge in [-0.15, -0.1) is 0 Å². The Hall–Kier alpha value is -1.55. The third kappa shape index (κ3) is 3.74. The van der Waals surface area contributed by atoms with E-state index in [1.165, 1.54) is 0 Å². The number of nitrogens with zero attached hydrogens (tertiary/aromatic N) is 1. The summed E-state index contributed by atoms with van der Waals surface area (Å²) in [5.74, 6) is 0. The van der Waals surface area contributed by atoms with E-state index in [0.717, 1.165) is 24.3 Å². The van der Waals surface area contributed by atoms with Crippen LogP contribution < -0.4 is 10.5 Å². The maximum atomic E-state index is 11.7. The number of hydrogen-bond acceptors (Lipinski definition) is 6. The van der Waals surface area contributed by atoms with Crippen molar-refractivity contribution in [3.05, 3.63) is 34.4 Å². The molecule has 0 aliphatic carbocycles. The van der Waals surface area contributed by atoms with Gasteiger partial charge in [-0.25, -0.2) is 13.1 Å². The predicted molar refractivity (Wildman–Crippen MR) is 63.3 cm³/mol. The summed E-state index contributed by atoms with van der Waals surface area (Å²) in [6.07, 6.45) is -0.974. The van der Waals surface area contributed by atoms with E-state index in [9.17, 15) is 18.5 Å². The standard InChI is InChI=1S/C9H13N3O5S/c10-5-8(13)6-11-18(16,17)9-3-1-7(2-4-9)12(14)15/h1-4,8,11,13H,5-6,10H2/t8-/m1/s1. The summed E-state index contributed by atoms with van der Waals surface area (Å²) in [5.41, 5.74) is 4.94. The van der Waals surface area contributed by atoms with Crippen molar-refractivity contribution in [3.63, 3.8) is 0 Å². The molecule has 0 fully saturated rings. The minimum Gasteiger partial charge on any atom is -0.390 e. The van der Waals surface area contributed by atoms with Gasteiger partial charge in [0.2, 0.25) is 10.0 Å². The van der Waals surface area contributed by atoms with Gasteiger partial charge in [0.15, 0.2) is 0 Å². The fraction of sp³-hybridized carbons (Fsp3) is 0.333. The van der Waals surface area contributed by atoms with Crippen molar-refractivity contribution in [1.29, 1.82) is 0 Å². The normalized spacial score (nSPS) is 13.2. The molecular formula is C9H13N3O5S. The molecule has 0 saturated heterocycles. The smallest absolute Gasteiger partial charge is 0.269 e. The quantitative estimate of drug-likeness (QED) is 0.459. The first-order chi connectivity index (χ1) is 8.36. The molecule has 0 aliphatic heterocycles. The van der Waals surface area contributed by atoms with Crippen LogP contribution in [0.25, 0.3) is 0 Å². The summed E-state index contributed by atoms with van der Waals surface area (Å²) >= 11 is 0. The first kappa shape index (κ1) is 14.5. The zero-order valence-corrected chi connectivity index (χ0v) is 10.1. The topological polar surface area (TPSA) is 136 Å². The molecule has 0 saturated carbocycles. The lowest BCUT2D eigenvalue weighted by atomic mass is 10.3. The van der Waals surface area contributed by atoms with Crippen LogP contribution in [0.3, 0.4) is 0 Å². The van der Waals surface area contributed by atoms with Gasteiger partial charge < -0.3 is 10.8 Å². The largest absolute Gasteiger partial charge is 0.390 e. The van der Waals surface area contributed by atoms with Crippen molar-refractivity contribution in [2.24, 2.45) is 5.73 Å². The van der Waals surface area contributed by atoms with Gasteiger partial charge in [0.1, 0.15) is 0 Å². The van der Waals surface area contributed by atoms with Crippen molar-refractivity contribution in [3.8, 4) is 0 Å². The molecule has 1 aromatic rings. The number of aliphatic hydroxyl groups is 1. The Morgan fingerprint density at radius 1 is 1.39 bits per heavy atom. The highest BCUT2D eigenvalue weighted by Gasteiger charge is 2.16. The SMILES string of the molecule is NC[C@@H](O)CNS(=O)(=O)c1ccc([N+](=O)[O-])cc1. The van der Waals surface area contributed by atoms with E-state index in [-0.39, 0.29) is 23.7 Å². The molecule has 1 aromatic carbocycles. The Balaban J connectivity index is 2.82. The van der Waals surface area contributed by atoms with Gasteiger partial charge >= 0.3 is 0 Å². The van der Waals surface area contributed by atoms with E-state index in [1.54, 1.807) is 0 Å². The third-order valence-electron chi connectivity index (χ3n) is 2.14. The summed E-state index contributed by atoms with van der Waals surface area (Å²) in [7, 11) is -3.80. The summed E-state index contributed by atoms with van der Waals surface area (Å²) in [6.45, 7) is -0.279. The molecule has 100 valence electrons. The number of nitrogens with two attached hydrogens (primary N) is 1. The minimum absolute atomic E-state index is 0.0667. The molecule has 0 radical (unpaired) electrons. The fourth-order valence-electron chi connectivity index (χ4n) is 1.12. The molecule has 1 atom stereocenters. The average molecular weight is 275 g/mol. The number of nitrogens with one attached hydrogen (secondary N) is 1. The molecule has 9 heteroatoms. The van der Waals surface area contributed by atoms with E-state index in [4.69, 9.17) is 10.8 Å². The average Bonchev–Trinajstić information content (AvgIpc) is 2.36. The number of rotatable bonds is 6. The van der Waals surface area contributed by atoms with E-state index in [2.05, 4.69) is 4.72 Å². The summed E-state index contributed by atoms with van der Waals surface area (Å²) < 4.78 is 25.5. The van der Waals surface area contributed by atoms with Gasteiger partial charge in [0.25, 0.3) is 5.69 Å². The van der Waals surface area contributed by atoms with Crippen LogP contribution in [0.4, 0.5) is 5.69 Å². The molecule has 0 bridgehead atoms. The molecule has 18 heavy (non-hydrogen) atoms. The predicted octanol–water partition coefficient (Wildman–Crippen LogP) is -0.807. The molecule has 1 rings (SSSR count). The Kier molecular flexibility index (Phi) is 4.73. The molecule has 0 aromatic heterocycles. The van der Waals surface area contributed by atoms with Gasteiger partial charge in [0, 0.05) is 25.2 Å². The lowest BCUT2D eigenvalue weighted by molar-refractivity contribution is -0.384. The summed E-state index contributed by atoms with van der Waals surface area (Å²) in [4.78, 5) is 9.67. The monoisotopic (exact) mass is 275 g/mol. The van der Waals surface area contributed by atoms with Crippen LogP contribution in [0, 0.1) is 10.1 Å². The zero-order valence-electron chi connectivity index (χ0n) is 9.31. The molecule has 0 amide bonds. The number of hydrogen-bond donors (Lipinski definition) is 3. The fourth-order valence-corrected chi connectivity index (χ4v) is 2.19. The first-order valence-electron chi connectivity index (χ1n) is 4.99. The van der Waals surface area contributed by atoms with Crippen LogP contribution >= 0.6 is 0 Å². The number of aliphatic hydroxyl groups excluding tert-OH is 1. The number of sulfonamides is 1. The first-order valence-corrected chi connectivity index (χ1v) is 6.47. The molecule has 0 heterocycles. The molecule has 0 spiro atoms. The Bertz CT molecular complexity index is 514. The molecule has 0 unspecified atom stereocenters. The number of nitro benzene ring substituents is 1. The Labute approximate surface area is 104 Å². The molecule has 4 N–H and O–H groups in total. The highest BCUT2D eigenvalue weighted by molar-refractivity contribution is 7.89. The van der Waals surface area contributed by atoms with Crippen LogP contribution in [0.1, 0.15) is 0 Å². The molecule has 0 aliphatic rings. The second-order valence-electron chi connectivity index (χ2n) is 3.49. The van der Waals surface area contributed by atoms with Crippen LogP contribution in [-0.4, -0.2) is 37.6 Å². The van der Waals surface area contributed by atoms with E-state index in [1.807, 2.05) is 0 Å². The maximum Gasteiger partial charge on any atom is 0.269 e. The maximum absolute atomic E-state index is 11.7. The van der Waals surface area contributed by atoms with E-state index >= 15 is 0 Å². The number of benzene rings is 1. The van der Waals surface area contributed by atoms with Crippen LogP contribution in [-0.2, 0) is 10.0 Å². The Morgan fingerprint density at radius 3 is 2.39 bits per heavy atom. The van der Waals surface area contributed by atoms with Crippen LogP contribution in [0.5, 0.6) is 0 Å². The molecular weight excluding hydrogens is 262 g/mol. The second kappa shape index (κ2) is 5.87. The van der Waals surface area contributed by atoms with Gasteiger partial charge in [-0.3, -0.25) is 10.1 Å². The van der Waals surface area contributed by atoms with Crippen molar-refractivity contribution in [1.82, 2.24) is 4.72 Å². The minimum atomic E-state index is -3.80. The van der Waals surface area contributed by atoms with Crippen molar-refractivity contribution in [2.75, 3.05) is 13.1 Å². The third-order valence-corrected chi connectivity index (χ3v) is 3.58. The molecule has 8 nitrogen and oxygen atoms in total. The van der Waals surface area contributed by atoms with Crippen molar-refractivity contribution in [2.45, 2.75) is 11.0 Å². The summed E-state index contributed by atoms with van der Waals surface area (Å²) in [6, 6.07) is 4.42. The van der Waals surface area contributed by atoms with Gasteiger partial charge in [-0.1, -0.05) is 0 Å². The highest BCUT2D eigenvalue weighted by Crippen LogP contribution is 2.15. The summed E-state index contributed by atoms with van der Waals surface area (Å²) in [5, 5.41) is 19.6. The van der Waals surface area contributed by atoms with E-state index in [0.29, 0.717) is 0 Å². The van der Waals surface area contributed by atoms with E-state index < -0.39 is 21.1 Å². The Morgan fingerprint density at radius 2 is 1.94 bits per heavy atom. The second-order valence-corrected chi connectivity index (χ2v) is 5.26. The van der Waals surface area contributed by atoms with Gasteiger partial charge in [-0.2, -0.15) is 0 Å². The van der Waals surface area contributed by atoms with Crippen LogP contribution in [0.15, 0.2) is 29.2 Å². The lowest BCUT2D eigenvalue weighted by Crippen LogP contribution is -2.36.